The smallest absolute Gasteiger partial charge is 0.176 e. The van der Waals surface area contributed by atoms with Gasteiger partial charge in [-0.05, 0) is 26.0 Å². The van der Waals surface area contributed by atoms with E-state index in [0.717, 1.165) is 45.0 Å². The van der Waals surface area contributed by atoms with Crippen molar-refractivity contribution in [3.8, 4) is 0 Å². The minimum Gasteiger partial charge on any atom is -0.314 e. The van der Waals surface area contributed by atoms with Gasteiger partial charge in [0.25, 0.3) is 0 Å². The summed E-state index contributed by atoms with van der Waals surface area (Å²) >= 11 is 0. The fourth-order valence-corrected chi connectivity index (χ4v) is 1.82. The summed E-state index contributed by atoms with van der Waals surface area (Å²) in [4.78, 5) is 4.13. The van der Waals surface area contributed by atoms with E-state index in [0.29, 0.717) is 0 Å². The van der Waals surface area contributed by atoms with Crippen LogP contribution in [0.3, 0.4) is 0 Å². The van der Waals surface area contributed by atoms with Crippen LogP contribution >= 0.6 is 0 Å². The zero-order valence-corrected chi connectivity index (χ0v) is 11.0. The maximum Gasteiger partial charge on any atom is 0.176 e. The third kappa shape index (κ3) is 3.47. The van der Waals surface area contributed by atoms with Gasteiger partial charge in [-0.3, -0.25) is 0 Å². The van der Waals surface area contributed by atoms with Crippen LogP contribution in [0.15, 0.2) is 0 Å². The van der Waals surface area contributed by atoms with Crippen LogP contribution in [0.25, 0.3) is 0 Å². The predicted molar refractivity (Wildman–Crippen MR) is 65.8 cm³/mol. The Morgan fingerprint density at radius 3 is 2.53 bits per heavy atom. The maximum atomic E-state index is 4.42. The standard InChI is InChI=1S/C11H22N6/c1-11(2,3)17-14-10(13-15-17)4-7-16-8-5-12-6-9-16/h12H,4-9H2,1-3H3. The second-order valence-corrected chi connectivity index (χ2v) is 5.51. The minimum absolute atomic E-state index is 0.0830. The number of rotatable bonds is 3. The molecule has 6 nitrogen and oxygen atoms in total. The van der Waals surface area contributed by atoms with Gasteiger partial charge in [-0.2, -0.15) is 4.80 Å². The molecule has 0 radical (unpaired) electrons. The van der Waals surface area contributed by atoms with Crippen molar-refractivity contribution in [2.75, 3.05) is 32.7 Å². The quantitative estimate of drug-likeness (QED) is 0.795. The summed E-state index contributed by atoms with van der Waals surface area (Å²) in [6, 6.07) is 0. The van der Waals surface area contributed by atoms with Crippen LogP contribution in [0.1, 0.15) is 26.6 Å². The van der Waals surface area contributed by atoms with Gasteiger partial charge in [-0.25, -0.2) is 0 Å². The lowest BCUT2D eigenvalue weighted by atomic mass is 10.1. The van der Waals surface area contributed by atoms with Crippen LogP contribution in [0.5, 0.6) is 0 Å². The van der Waals surface area contributed by atoms with Crippen molar-refractivity contribution in [3.63, 3.8) is 0 Å². The van der Waals surface area contributed by atoms with E-state index in [2.05, 4.69) is 46.4 Å². The molecule has 1 aliphatic rings. The van der Waals surface area contributed by atoms with Crippen molar-refractivity contribution >= 4 is 0 Å². The number of nitrogens with one attached hydrogen (secondary N) is 1. The summed E-state index contributed by atoms with van der Waals surface area (Å²) in [6.45, 7) is 11.7. The number of aromatic nitrogens is 4. The summed E-state index contributed by atoms with van der Waals surface area (Å²) in [5, 5.41) is 16.0. The first-order chi connectivity index (χ1) is 8.05. The first kappa shape index (κ1) is 12.4. The second kappa shape index (κ2) is 5.10. The number of nitrogens with zero attached hydrogens (tertiary/aromatic N) is 5. The van der Waals surface area contributed by atoms with Crippen molar-refractivity contribution in [1.82, 2.24) is 30.4 Å². The van der Waals surface area contributed by atoms with Crippen molar-refractivity contribution in [1.29, 1.82) is 0 Å². The fourth-order valence-electron chi connectivity index (χ4n) is 1.82. The van der Waals surface area contributed by atoms with E-state index < -0.39 is 0 Å². The molecule has 0 atom stereocenters. The Labute approximate surface area is 102 Å². The Bertz CT molecular complexity index is 347. The molecule has 0 aliphatic carbocycles. The lowest BCUT2D eigenvalue weighted by Gasteiger charge is -2.26. The molecule has 2 heterocycles. The molecular formula is C11H22N6. The van der Waals surface area contributed by atoms with Crippen LogP contribution in [-0.2, 0) is 12.0 Å². The number of hydrogen-bond acceptors (Lipinski definition) is 5. The van der Waals surface area contributed by atoms with Gasteiger partial charge in [0.15, 0.2) is 5.82 Å². The molecule has 1 fully saturated rings. The van der Waals surface area contributed by atoms with Gasteiger partial charge in [-0.15, -0.1) is 10.2 Å². The molecule has 96 valence electrons. The first-order valence-corrected chi connectivity index (χ1v) is 6.28. The highest BCUT2D eigenvalue weighted by Crippen LogP contribution is 2.09. The topological polar surface area (TPSA) is 58.9 Å². The zero-order chi connectivity index (χ0) is 12.3. The number of tetrazole rings is 1. The van der Waals surface area contributed by atoms with Gasteiger partial charge in [0.2, 0.25) is 0 Å². The largest absolute Gasteiger partial charge is 0.314 e. The molecule has 1 saturated heterocycles. The summed E-state index contributed by atoms with van der Waals surface area (Å²) in [6.07, 6.45) is 0.885. The summed E-state index contributed by atoms with van der Waals surface area (Å²) in [5.74, 6) is 0.846. The molecule has 2 rings (SSSR count). The van der Waals surface area contributed by atoms with Gasteiger partial charge in [-0.1, -0.05) is 0 Å². The summed E-state index contributed by atoms with van der Waals surface area (Å²) in [5.41, 5.74) is -0.0830. The molecule has 0 saturated carbocycles. The Morgan fingerprint density at radius 1 is 1.24 bits per heavy atom. The molecular weight excluding hydrogens is 216 g/mol. The molecule has 0 spiro atoms. The lowest BCUT2D eigenvalue weighted by Crippen LogP contribution is -2.44. The highest BCUT2D eigenvalue weighted by molar-refractivity contribution is 4.82. The fraction of sp³-hybridized carbons (Fsp3) is 0.909. The third-order valence-corrected chi connectivity index (χ3v) is 2.92. The maximum absolute atomic E-state index is 4.42. The van der Waals surface area contributed by atoms with Crippen molar-refractivity contribution in [3.05, 3.63) is 5.82 Å². The van der Waals surface area contributed by atoms with E-state index >= 15 is 0 Å². The highest BCUT2D eigenvalue weighted by Gasteiger charge is 2.17. The molecule has 1 aromatic heterocycles. The van der Waals surface area contributed by atoms with Crippen LogP contribution in [0, 0.1) is 0 Å². The normalized spacial score (nSPS) is 18.5. The average Bonchev–Trinajstić information content (AvgIpc) is 2.76. The van der Waals surface area contributed by atoms with Gasteiger partial charge in [0.05, 0.1) is 5.54 Å². The molecule has 0 aromatic carbocycles. The predicted octanol–water partition coefficient (Wildman–Crippen LogP) is -0.124. The monoisotopic (exact) mass is 238 g/mol. The van der Waals surface area contributed by atoms with E-state index in [9.17, 15) is 0 Å². The number of piperazine rings is 1. The van der Waals surface area contributed by atoms with Crippen molar-refractivity contribution < 1.29 is 0 Å². The van der Waals surface area contributed by atoms with Crippen molar-refractivity contribution in [2.45, 2.75) is 32.7 Å². The minimum atomic E-state index is -0.0830. The van der Waals surface area contributed by atoms with Crippen molar-refractivity contribution in [2.24, 2.45) is 0 Å². The van der Waals surface area contributed by atoms with E-state index in [-0.39, 0.29) is 5.54 Å². The molecule has 17 heavy (non-hydrogen) atoms. The van der Waals surface area contributed by atoms with Gasteiger partial charge in [0, 0.05) is 39.1 Å². The van der Waals surface area contributed by atoms with Gasteiger partial charge in [0.1, 0.15) is 0 Å². The van der Waals surface area contributed by atoms with Crippen LogP contribution in [-0.4, -0.2) is 57.8 Å². The molecule has 0 bridgehead atoms. The van der Waals surface area contributed by atoms with Gasteiger partial charge < -0.3 is 10.2 Å². The van der Waals surface area contributed by atoms with E-state index in [1.54, 1.807) is 4.80 Å². The molecule has 0 amide bonds. The van der Waals surface area contributed by atoms with E-state index in [4.69, 9.17) is 0 Å². The second-order valence-electron chi connectivity index (χ2n) is 5.51. The summed E-state index contributed by atoms with van der Waals surface area (Å²) in [7, 11) is 0. The van der Waals surface area contributed by atoms with Crippen LogP contribution in [0.2, 0.25) is 0 Å². The van der Waals surface area contributed by atoms with E-state index in [1.165, 1.54) is 0 Å². The van der Waals surface area contributed by atoms with Gasteiger partial charge >= 0.3 is 0 Å². The molecule has 0 unspecified atom stereocenters. The molecule has 1 aromatic rings. The lowest BCUT2D eigenvalue weighted by molar-refractivity contribution is 0.242. The third-order valence-electron chi connectivity index (χ3n) is 2.92. The molecule has 1 N–H and O–H groups in total. The van der Waals surface area contributed by atoms with Crippen LogP contribution in [0.4, 0.5) is 0 Å². The van der Waals surface area contributed by atoms with Crippen LogP contribution < -0.4 is 5.32 Å². The highest BCUT2D eigenvalue weighted by atomic mass is 15.6. The molecule has 6 heteroatoms. The van der Waals surface area contributed by atoms with E-state index in [1.807, 2.05) is 0 Å². The zero-order valence-electron chi connectivity index (χ0n) is 11.0. The Kier molecular flexibility index (Phi) is 3.73. The summed E-state index contributed by atoms with van der Waals surface area (Å²) < 4.78 is 0. The Balaban J connectivity index is 1.84. The Hall–Kier alpha value is -1.01. The first-order valence-electron chi connectivity index (χ1n) is 6.28. The number of hydrogen-bond donors (Lipinski definition) is 1. The average molecular weight is 238 g/mol. The SMILES string of the molecule is CC(C)(C)n1nnc(CCN2CCNCC2)n1. The Morgan fingerprint density at radius 2 is 1.94 bits per heavy atom. The molecule has 1 aliphatic heterocycles.